The first-order valence-corrected chi connectivity index (χ1v) is 6.45. The van der Waals surface area contributed by atoms with E-state index >= 15 is 0 Å². The Morgan fingerprint density at radius 2 is 1.72 bits per heavy atom. The molecule has 0 aliphatic carbocycles. The van der Waals surface area contributed by atoms with Crippen molar-refractivity contribution in [2.24, 2.45) is 0 Å². The summed E-state index contributed by atoms with van der Waals surface area (Å²) in [6, 6.07) is 16.0. The Bertz CT molecular complexity index is 701. The van der Waals surface area contributed by atoms with Crippen LogP contribution in [0.25, 0.3) is 22.1 Å². The van der Waals surface area contributed by atoms with Gasteiger partial charge in [0.2, 0.25) is 0 Å². The van der Waals surface area contributed by atoms with E-state index in [-0.39, 0.29) is 6.61 Å². The Kier molecular flexibility index (Phi) is 2.94. The van der Waals surface area contributed by atoms with Gasteiger partial charge in [0.1, 0.15) is 18.1 Å². The highest BCUT2D eigenvalue weighted by Crippen LogP contribution is 2.27. The van der Waals surface area contributed by atoms with Crippen LogP contribution < -0.4 is 0 Å². The van der Waals surface area contributed by atoms with Gasteiger partial charge in [0.05, 0.1) is 0 Å². The van der Waals surface area contributed by atoms with Crippen molar-refractivity contribution >= 4 is 26.7 Å². The summed E-state index contributed by atoms with van der Waals surface area (Å²) in [6.07, 6.45) is 0. The van der Waals surface area contributed by atoms with Crippen molar-refractivity contribution in [3.05, 3.63) is 58.8 Å². The highest BCUT2D eigenvalue weighted by molar-refractivity contribution is 9.10. The summed E-state index contributed by atoms with van der Waals surface area (Å²) in [6.45, 7) is -0.0689. The topological polar surface area (TPSA) is 33.4 Å². The summed E-state index contributed by atoms with van der Waals surface area (Å²) >= 11 is 3.46. The Morgan fingerprint density at radius 3 is 2.50 bits per heavy atom. The lowest BCUT2D eigenvalue weighted by Gasteiger charge is -2.02. The molecule has 0 atom stereocenters. The van der Waals surface area contributed by atoms with Crippen molar-refractivity contribution in [1.82, 2.24) is 0 Å². The van der Waals surface area contributed by atoms with Crippen molar-refractivity contribution in [2.45, 2.75) is 6.61 Å². The molecular weight excluding hydrogens is 292 g/mol. The lowest BCUT2D eigenvalue weighted by molar-refractivity contribution is 0.248. The summed E-state index contributed by atoms with van der Waals surface area (Å²) in [5, 5.41) is 11.3. The summed E-state index contributed by atoms with van der Waals surface area (Å²) in [5.41, 5.74) is 1.02. The van der Waals surface area contributed by atoms with Gasteiger partial charge in [-0.1, -0.05) is 34.1 Å². The van der Waals surface area contributed by atoms with Crippen molar-refractivity contribution in [3.63, 3.8) is 0 Å². The van der Waals surface area contributed by atoms with Gasteiger partial charge in [0.15, 0.2) is 0 Å². The highest BCUT2D eigenvalue weighted by atomic mass is 79.9. The van der Waals surface area contributed by atoms with E-state index in [0.717, 1.165) is 21.2 Å². The standard InChI is InChI=1S/C15H11BrO2/c16-13-4-3-10-7-12(2-1-11(10)8-13)15-6-5-14(9-17)18-15/h1-8,17H,9H2. The zero-order chi connectivity index (χ0) is 12.5. The number of aliphatic hydroxyl groups is 1. The van der Waals surface area contributed by atoms with E-state index in [0.29, 0.717) is 5.76 Å². The van der Waals surface area contributed by atoms with Gasteiger partial charge in [0.25, 0.3) is 0 Å². The van der Waals surface area contributed by atoms with Crippen LogP contribution in [0.1, 0.15) is 5.76 Å². The quantitative estimate of drug-likeness (QED) is 0.763. The highest BCUT2D eigenvalue weighted by Gasteiger charge is 2.05. The Balaban J connectivity index is 2.10. The van der Waals surface area contributed by atoms with E-state index in [4.69, 9.17) is 9.52 Å². The van der Waals surface area contributed by atoms with Crippen molar-refractivity contribution in [3.8, 4) is 11.3 Å². The Labute approximate surface area is 113 Å². The van der Waals surface area contributed by atoms with E-state index < -0.39 is 0 Å². The van der Waals surface area contributed by atoms with Gasteiger partial charge < -0.3 is 9.52 Å². The van der Waals surface area contributed by atoms with Crippen molar-refractivity contribution in [2.75, 3.05) is 0 Å². The number of benzene rings is 2. The maximum Gasteiger partial charge on any atom is 0.134 e. The largest absolute Gasteiger partial charge is 0.459 e. The van der Waals surface area contributed by atoms with Crippen molar-refractivity contribution in [1.29, 1.82) is 0 Å². The predicted octanol–water partition coefficient (Wildman–Crippen LogP) is 4.35. The molecule has 0 saturated carbocycles. The second kappa shape index (κ2) is 4.59. The van der Waals surface area contributed by atoms with Crippen molar-refractivity contribution < 1.29 is 9.52 Å². The summed E-state index contributed by atoms with van der Waals surface area (Å²) in [7, 11) is 0. The van der Waals surface area contributed by atoms with Gasteiger partial charge in [-0.25, -0.2) is 0 Å². The molecule has 0 fully saturated rings. The van der Waals surface area contributed by atoms with E-state index in [1.807, 2.05) is 18.2 Å². The number of furan rings is 1. The average molecular weight is 303 g/mol. The molecule has 0 bridgehead atoms. The summed E-state index contributed by atoms with van der Waals surface area (Å²) in [5.74, 6) is 1.37. The molecule has 0 saturated heterocycles. The van der Waals surface area contributed by atoms with Gasteiger partial charge >= 0.3 is 0 Å². The molecule has 90 valence electrons. The normalized spacial score (nSPS) is 11.0. The number of hydrogen-bond donors (Lipinski definition) is 1. The number of hydrogen-bond acceptors (Lipinski definition) is 2. The third kappa shape index (κ3) is 2.07. The minimum Gasteiger partial charge on any atom is -0.459 e. The molecule has 0 aliphatic rings. The molecule has 2 nitrogen and oxygen atoms in total. The monoisotopic (exact) mass is 302 g/mol. The molecule has 3 heteroatoms. The third-order valence-electron chi connectivity index (χ3n) is 2.90. The minimum absolute atomic E-state index is 0.0689. The SMILES string of the molecule is OCc1ccc(-c2ccc3cc(Br)ccc3c2)o1. The van der Waals surface area contributed by atoms with Crippen LogP contribution in [0.5, 0.6) is 0 Å². The first-order chi connectivity index (χ1) is 8.76. The zero-order valence-electron chi connectivity index (χ0n) is 9.56. The fourth-order valence-corrected chi connectivity index (χ4v) is 2.37. The molecule has 0 radical (unpaired) electrons. The van der Waals surface area contributed by atoms with E-state index in [1.54, 1.807) is 6.07 Å². The van der Waals surface area contributed by atoms with Gasteiger partial charge in [-0.2, -0.15) is 0 Å². The number of aliphatic hydroxyl groups excluding tert-OH is 1. The van der Waals surface area contributed by atoms with Crippen LogP contribution in [-0.2, 0) is 6.61 Å². The summed E-state index contributed by atoms with van der Waals surface area (Å²) < 4.78 is 6.60. The second-order valence-corrected chi connectivity index (χ2v) is 5.05. The van der Waals surface area contributed by atoms with E-state index in [9.17, 15) is 0 Å². The van der Waals surface area contributed by atoms with Crippen LogP contribution >= 0.6 is 15.9 Å². The molecule has 3 rings (SSSR count). The van der Waals surface area contributed by atoms with E-state index in [1.165, 1.54) is 5.39 Å². The van der Waals surface area contributed by atoms with Crippen LogP contribution in [0, 0.1) is 0 Å². The molecular formula is C15H11BrO2. The zero-order valence-corrected chi connectivity index (χ0v) is 11.1. The second-order valence-electron chi connectivity index (χ2n) is 4.13. The molecule has 1 heterocycles. The molecule has 1 N–H and O–H groups in total. The Morgan fingerprint density at radius 1 is 0.944 bits per heavy atom. The lowest BCUT2D eigenvalue weighted by atomic mass is 10.1. The van der Waals surface area contributed by atoms with Crippen LogP contribution in [0.15, 0.2) is 57.4 Å². The van der Waals surface area contributed by atoms with Crippen LogP contribution in [0.2, 0.25) is 0 Å². The molecule has 18 heavy (non-hydrogen) atoms. The van der Waals surface area contributed by atoms with Gasteiger partial charge in [-0.15, -0.1) is 0 Å². The number of rotatable bonds is 2. The lowest BCUT2D eigenvalue weighted by Crippen LogP contribution is -1.78. The molecule has 0 aliphatic heterocycles. The maximum atomic E-state index is 9.00. The van der Waals surface area contributed by atoms with Crippen LogP contribution in [0.3, 0.4) is 0 Å². The first kappa shape index (κ1) is 11.5. The Hall–Kier alpha value is -1.58. The fraction of sp³-hybridized carbons (Fsp3) is 0.0667. The van der Waals surface area contributed by atoms with Gasteiger partial charge in [-0.3, -0.25) is 0 Å². The summed E-state index contributed by atoms with van der Waals surface area (Å²) in [4.78, 5) is 0. The van der Waals surface area contributed by atoms with Gasteiger partial charge in [-0.05, 0) is 41.1 Å². The molecule has 2 aromatic carbocycles. The van der Waals surface area contributed by atoms with Gasteiger partial charge in [0, 0.05) is 10.0 Å². The number of halogens is 1. The maximum absolute atomic E-state index is 9.00. The third-order valence-corrected chi connectivity index (χ3v) is 3.40. The smallest absolute Gasteiger partial charge is 0.134 e. The van der Waals surface area contributed by atoms with Crippen LogP contribution in [0.4, 0.5) is 0 Å². The fourth-order valence-electron chi connectivity index (χ4n) is 1.99. The molecule has 1 aromatic heterocycles. The molecule has 0 unspecified atom stereocenters. The molecule has 3 aromatic rings. The first-order valence-electron chi connectivity index (χ1n) is 5.65. The predicted molar refractivity (Wildman–Crippen MR) is 75.3 cm³/mol. The van der Waals surface area contributed by atoms with Crippen LogP contribution in [-0.4, -0.2) is 5.11 Å². The minimum atomic E-state index is -0.0689. The number of fused-ring (bicyclic) bond motifs is 1. The molecule has 0 spiro atoms. The van der Waals surface area contributed by atoms with E-state index in [2.05, 4.69) is 40.2 Å². The molecule has 0 amide bonds. The average Bonchev–Trinajstić information content (AvgIpc) is 2.87.